The van der Waals surface area contributed by atoms with E-state index < -0.39 is 0 Å². The summed E-state index contributed by atoms with van der Waals surface area (Å²) in [5, 5.41) is 18.8. The van der Waals surface area contributed by atoms with Crippen molar-refractivity contribution in [2.24, 2.45) is 0 Å². The van der Waals surface area contributed by atoms with Crippen LogP contribution < -0.4 is 4.90 Å². The van der Waals surface area contributed by atoms with Crippen LogP contribution in [0.5, 0.6) is 0 Å². The summed E-state index contributed by atoms with van der Waals surface area (Å²) in [5.74, 6) is 0. The highest BCUT2D eigenvalue weighted by molar-refractivity contribution is 5.47. The summed E-state index contributed by atoms with van der Waals surface area (Å²) in [7, 11) is 0. The van der Waals surface area contributed by atoms with Gasteiger partial charge in [-0.05, 0) is 30.5 Å². The van der Waals surface area contributed by atoms with Crippen LogP contribution in [0, 0.1) is 0 Å². The summed E-state index contributed by atoms with van der Waals surface area (Å²) < 4.78 is 0. The predicted molar refractivity (Wildman–Crippen MR) is 75.9 cm³/mol. The highest BCUT2D eigenvalue weighted by Crippen LogP contribution is 2.21. The number of benzene rings is 1. The molecule has 1 rings (SSSR count). The molecule has 1 aromatic carbocycles. The van der Waals surface area contributed by atoms with Crippen molar-refractivity contribution in [2.45, 2.75) is 39.2 Å². The van der Waals surface area contributed by atoms with Gasteiger partial charge in [0.05, 0.1) is 12.7 Å². The van der Waals surface area contributed by atoms with Gasteiger partial charge in [0.15, 0.2) is 0 Å². The fourth-order valence-electron chi connectivity index (χ4n) is 1.98. The fraction of sp³-hybridized carbons (Fsp3) is 0.600. The Kier molecular flexibility index (Phi) is 6.76. The highest BCUT2D eigenvalue weighted by Gasteiger charge is 2.08. The number of rotatable bonds is 8. The van der Waals surface area contributed by atoms with Crippen molar-refractivity contribution < 1.29 is 10.2 Å². The molecule has 0 fully saturated rings. The van der Waals surface area contributed by atoms with Gasteiger partial charge in [0.25, 0.3) is 0 Å². The number of anilines is 1. The number of hydrogen-bond acceptors (Lipinski definition) is 3. The Bertz CT molecular complexity index is 324. The minimum absolute atomic E-state index is 0.170. The van der Waals surface area contributed by atoms with E-state index in [-0.39, 0.29) is 12.7 Å². The lowest BCUT2D eigenvalue weighted by atomic mass is 10.1. The summed E-state index contributed by atoms with van der Waals surface area (Å²) >= 11 is 0. The topological polar surface area (TPSA) is 43.7 Å². The molecule has 3 heteroatoms. The van der Waals surface area contributed by atoms with E-state index in [0.29, 0.717) is 6.54 Å². The lowest BCUT2D eigenvalue weighted by Gasteiger charge is -2.24. The van der Waals surface area contributed by atoms with Crippen LogP contribution in [-0.2, 0) is 0 Å². The van der Waals surface area contributed by atoms with E-state index in [1.807, 2.05) is 31.2 Å². The molecule has 18 heavy (non-hydrogen) atoms. The number of unbranched alkanes of at least 4 members (excludes halogenated alkanes) is 1. The van der Waals surface area contributed by atoms with Crippen molar-refractivity contribution in [3.8, 4) is 0 Å². The lowest BCUT2D eigenvalue weighted by Crippen LogP contribution is -2.27. The first kappa shape index (κ1) is 15.0. The maximum atomic E-state index is 9.75. The molecule has 0 spiro atoms. The van der Waals surface area contributed by atoms with Gasteiger partial charge in [-0.1, -0.05) is 32.4 Å². The Labute approximate surface area is 110 Å². The first-order valence-electron chi connectivity index (χ1n) is 6.86. The third-order valence-corrected chi connectivity index (χ3v) is 3.18. The standard InChI is InChI=1S/C15H25NO2/c1-3-5-10-16(11-12-17)14-8-6-13(7-9-14)15(18)4-2/h6-9,15,17-18H,3-5,10-12H2,1-2H3/t15-/m1/s1. The maximum absolute atomic E-state index is 9.75. The molecule has 102 valence electrons. The molecule has 1 aromatic rings. The SMILES string of the molecule is CCCCN(CCO)c1ccc([C@H](O)CC)cc1. The van der Waals surface area contributed by atoms with E-state index in [4.69, 9.17) is 5.11 Å². The molecule has 0 radical (unpaired) electrons. The molecular formula is C15H25NO2. The summed E-state index contributed by atoms with van der Waals surface area (Å²) in [6.07, 6.45) is 2.63. The van der Waals surface area contributed by atoms with Crippen molar-refractivity contribution in [3.63, 3.8) is 0 Å². The lowest BCUT2D eigenvalue weighted by molar-refractivity contribution is 0.173. The molecule has 0 aliphatic carbocycles. The van der Waals surface area contributed by atoms with Gasteiger partial charge in [-0.15, -0.1) is 0 Å². The fourth-order valence-corrected chi connectivity index (χ4v) is 1.98. The molecule has 0 aliphatic heterocycles. The first-order chi connectivity index (χ1) is 8.72. The summed E-state index contributed by atoms with van der Waals surface area (Å²) in [4.78, 5) is 2.19. The Morgan fingerprint density at radius 1 is 1.11 bits per heavy atom. The average molecular weight is 251 g/mol. The van der Waals surface area contributed by atoms with E-state index >= 15 is 0 Å². The van der Waals surface area contributed by atoms with Gasteiger partial charge in [0.1, 0.15) is 0 Å². The summed E-state index contributed by atoms with van der Waals surface area (Å²) in [6, 6.07) is 8.00. The molecule has 0 heterocycles. The number of nitrogens with zero attached hydrogens (tertiary/aromatic N) is 1. The maximum Gasteiger partial charge on any atom is 0.0787 e. The van der Waals surface area contributed by atoms with Gasteiger partial charge in [0, 0.05) is 18.8 Å². The van der Waals surface area contributed by atoms with Crippen LogP contribution in [0.1, 0.15) is 44.8 Å². The summed E-state index contributed by atoms with van der Waals surface area (Å²) in [6.45, 7) is 5.93. The largest absolute Gasteiger partial charge is 0.395 e. The normalized spacial score (nSPS) is 12.4. The predicted octanol–water partition coefficient (Wildman–Crippen LogP) is 2.73. The smallest absolute Gasteiger partial charge is 0.0787 e. The second kappa shape index (κ2) is 8.11. The zero-order valence-electron chi connectivity index (χ0n) is 11.5. The van der Waals surface area contributed by atoms with E-state index in [0.717, 1.165) is 37.1 Å². The van der Waals surface area contributed by atoms with Crippen molar-refractivity contribution in [2.75, 3.05) is 24.6 Å². The number of hydrogen-bond donors (Lipinski definition) is 2. The van der Waals surface area contributed by atoms with Gasteiger partial charge in [-0.2, -0.15) is 0 Å². The van der Waals surface area contributed by atoms with Crippen LogP contribution in [0.15, 0.2) is 24.3 Å². The van der Waals surface area contributed by atoms with Crippen molar-refractivity contribution >= 4 is 5.69 Å². The Hall–Kier alpha value is -1.06. The van der Waals surface area contributed by atoms with Gasteiger partial charge < -0.3 is 15.1 Å². The third-order valence-electron chi connectivity index (χ3n) is 3.18. The molecule has 0 saturated heterocycles. The van der Waals surface area contributed by atoms with Crippen LogP contribution in [0.4, 0.5) is 5.69 Å². The Morgan fingerprint density at radius 2 is 1.78 bits per heavy atom. The van der Waals surface area contributed by atoms with Crippen LogP contribution in [0.3, 0.4) is 0 Å². The zero-order chi connectivity index (χ0) is 13.4. The van der Waals surface area contributed by atoms with Gasteiger partial charge in [0.2, 0.25) is 0 Å². The second-order valence-corrected chi connectivity index (χ2v) is 4.58. The van der Waals surface area contributed by atoms with E-state index in [2.05, 4.69) is 11.8 Å². The number of aliphatic hydroxyl groups excluding tert-OH is 2. The summed E-state index contributed by atoms with van der Waals surface area (Å²) in [5.41, 5.74) is 2.07. The molecular weight excluding hydrogens is 226 g/mol. The van der Waals surface area contributed by atoms with Crippen molar-refractivity contribution in [1.29, 1.82) is 0 Å². The van der Waals surface area contributed by atoms with Gasteiger partial charge >= 0.3 is 0 Å². The monoisotopic (exact) mass is 251 g/mol. The molecule has 0 unspecified atom stereocenters. The van der Waals surface area contributed by atoms with Gasteiger partial charge in [-0.25, -0.2) is 0 Å². The molecule has 3 nitrogen and oxygen atoms in total. The molecule has 0 amide bonds. The van der Waals surface area contributed by atoms with Crippen LogP contribution >= 0.6 is 0 Å². The molecule has 0 saturated carbocycles. The Balaban J connectivity index is 2.73. The minimum Gasteiger partial charge on any atom is -0.395 e. The highest BCUT2D eigenvalue weighted by atomic mass is 16.3. The Morgan fingerprint density at radius 3 is 2.28 bits per heavy atom. The van der Waals surface area contributed by atoms with Crippen LogP contribution in [0.25, 0.3) is 0 Å². The van der Waals surface area contributed by atoms with Crippen LogP contribution in [0.2, 0.25) is 0 Å². The molecule has 1 atom stereocenters. The quantitative estimate of drug-likeness (QED) is 0.746. The zero-order valence-corrected chi connectivity index (χ0v) is 11.5. The van der Waals surface area contributed by atoms with Crippen molar-refractivity contribution in [3.05, 3.63) is 29.8 Å². The number of aliphatic hydroxyl groups is 2. The third kappa shape index (κ3) is 4.31. The average Bonchev–Trinajstić information content (AvgIpc) is 2.43. The van der Waals surface area contributed by atoms with E-state index in [1.54, 1.807) is 0 Å². The molecule has 2 N–H and O–H groups in total. The van der Waals surface area contributed by atoms with Crippen molar-refractivity contribution in [1.82, 2.24) is 0 Å². The second-order valence-electron chi connectivity index (χ2n) is 4.58. The minimum atomic E-state index is -0.374. The molecule has 0 bridgehead atoms. The first-order valence-corrected chi connectivity index (χ1v) is 6.86. The molecule has 0 aromatic heterocycles. The van der Waals surface area contributed by atoms with Crippen LogP contribution in [-0.4, -0.2) is 29.9 Å². The van der Waals surface area contributed by atoms with E-state index in [9.17, 15) is 5.11 Å². The van der Waals surface area contributed by atoms with E-state index in [1.165, 1.54) is 0 Å². The molecule has 0 aliphatic rings. The van der Waals surface area contributed by atoms with Gasteiger partial charge in [-0.3, -0.25) is 0 Å².